The molecule has 1 aromatic heterocycles. The molecule has 102 valence electrons. The third kappa shape index (κ3) is 4.40. The minimum atomic E-state index is 0.441. The molecule has 0 aliphatic rings. The standard InChI is InChI=1S/C15H18BrNO2/c1-2-7-17-9-12-8-13(18-10-12)11-19-15-6-4-3-5-14(15)16/h3-6,8,10,17H,2,7,9,11H2,1H3. The fourth-order valence-corrected chi connectivity index (χ4v) is 2.11. The van der Waals surface area contributed by atoms with Crippen molar-refractivity contribution in [2.45, 2.75) is 26.5 Å². The molecule has 0 aliphatic carbocycles. The summed E-state index contributed by atoms with van der Waals surface area (Å²) in [7, 11) is 0. The van der Waals surface area contributed by atoms with Crippen LogP contribution in [0.3, 0.4) is 0 Å². The summed E-state index contributed by atoms with van der Waals surface area (Å²) < 4.78 is 12.1. The minimum Gasteiger partial charge on any atom is -0.484 e. The van der Waals surface area contributed by atoms with E-state index < -0.39 is 0 Å². The van der Waals surface area contributed by atoms with E-state index in [0.717, 1.165) is 41.1 Å². The van der Waals surface area contributed by atoms with Gasteiger partial charge in [0.2, 0.25) is 0 Å². The zero-order valence-electron chi connectivity index (χ0n) is 11.0. The first-order chi connectivity index (χ1) is 9.29. The predicted octanol–water partition coefficient (Wildman–Crippen LogP) is 4.12. The van der Waals surface area contributed by atoms with Crippen LogP contribution >= 0.6 is 15.9 Å². The van der Waals surface area contributed by atoms with E-state index in [2.05, 4.69) is 28.2 Å². The number of rotatable bonds is 7. The molecule has 0 atom stereocenters. The minimum absolute atomic E-state index is 0.441. The molecular weight excluding hydrogens is 306 g/mol. The molecule has 0 saturated carbocycles. The average molecular weight is 324 g/mol. The number of nitrogens with one attached hydrogen (secondary N) is 1. The first-order valence-corrected chi connectivity index (χ1v) is 7.23. The predicted molar refractivity (Wildman–Crippen MR) is 79.2 cm³/mol. The molecule has 2 rings (SSSR count). The topological polar surface area (TPSA) is 34.4 Å². The molecule has 0 amide bonds. The van der Waals surface area contributed by atoms with Crippen LogP contribution in [-0.2, 0) is 13.2 Å². The average Bonchev–Trinajstić information content (AvgIpc) is 2.86. The van der Waals surface area contributed by atoms with Gasteiger partial charge in [-0.25, -0.2) is 0 Å². The van der Waals surface area contributed by atoms with Gasteiger partial charge in [-0.15, -0.1) is 0 Å². The van der Waals surface area contributed by atoms with Crippen LogP contribution in [0.15, 0.2) is 45.5 Å². The van der Waals surface area contributed by atoms with Gasteiger partial charge in [0.1, 0.15) is 18.1 Å². The lowest BCUT2D eigenvalue weighted by Crippen LogP contribution is -2.13. The Hall–Kier alpha value is -1.26. The summed E-state index contributed by atoms with van der Waals surface area (Å²) in [6.45, 7) is 4.45. The highest BCUT2D eigenvalue weighted by Gasteiger charge is 2.04. The quantitative estimate of drug-likeness (QED) is 0.778. The Morgan fingerprint density at radius 3 is 2.95 bits per heavy atom. The van der Waals surface area contributed by atoms with Gasteiger partial charge in [-0.3, -0.25) is 0 Å². The van der Waals surface area contributed by atoms with Crippen molar-refractivity contribution >= 4 is 15.9 Å². The van der Waals surface area contributed by atoms with E-state index in [0.29, 0.717) is 6.61 Å². The molecule has 2 aromatic rings. The van der Waals surface area contributed by atoms with Crippen LogP contribution in [0.4, 0.5) is 0 Å². The van der Waals surface area contributed by atoms with E-state index in [4.69, 9.17) is 9.15 Å². The number of benzene rings is 1. The van der Waals surface area contributed by atoms with E-state index in [9.17, 15) is 0 Å². The van der Waals surface area contributed by atoms with Gasteiger partial charge in [0.25, 0.3) is 0 Å². The summed E-state index contributed by atoms with van der Waals surface area (Å²) in [6.07, 6.45) is 2.91. The van der Waals surface area contributed by atoms with Crippen molar-refractivity contribution in [3.8, 4) is 5.75 Å². The summed E-state index contributed by atoms with van der Waals surface area (Å²) in [5.41, 5.74) is 1.15. The second-order valence-corrected chi connectivity index (χ2v) is 5.17. The van der Waals surface area contributed by atoms with E-state index in [1.165, 1.54) is 0 Å². The third-order valence-electron chi connectivity index (χ3n) is 2.67. The van der Waals surface area contributed by atoms with E-state index in [-0.39, 0.29) is 0 Å². The van der Waals surface area contributed by atoms with Gasteiger partial charge in [-0.1, -0.05) is 19.1 Å². The maximum absolute atomic E-state index is 5.70. The molecule has 3 nitrogen and oxygen atoms in total. The lowest BCUT2D eigenvalue weighted by atomic mass is 10.3. The van der Waals surface area contributed by atoms with Gasteiger partial charge in [-0.05, 0) is 47.1 Å². The van der Waals surface area contributed by atoms with Crippen molar-refractivity contribution in [1.29, 1.82) is 0 Å². The molecule has 0 aliphatic heterocycles. The normalized spacial score (nSPS) is 10.6. The molecule has 0 radical (unpaired) electrons. The molecule has 1 heterocycles. The summed E-state index contributed by atoms with van der Waals surface area (Å²) >= 11 is 3.45. The van der Waals surface area contributed by atoms with Crippen LogP contribution in [0.2, 0.25) is 0 Å². The SMILES string of the molecule is CCCNCc1coc(COc2ccccc2Br)c1. The second-order valence-electron chi connectivity index (χ2n) is 4.32. The van der Waals surface area contributed by atoms with Crippen LogP contribution in [-0.4, -0.2) is 6.54 Å². The summed E-state index contributed by atoms with van der Waals surface area (Å²) in [4.78, 5) is 0. The first-order valence-electron chi connectivity index (χ1n) is 6.44. The smallest absolute Gasteiger partial charge is 0.146 e. The van der Waals surface area contributed by atoms with Crippen LogP contribution in [0.1, 0.15) is 24.7 Å². The van der Waals surface area contributed by atoms with Crippen LogP contribution in [0, 0.1) is 0 Å². The van der Waals surface area contributed by atoms with Crippen molar-refractivity contribution in [2.24, 2.45) is 0 Å². The maximum atomic E-state index is 5.70. The Morgan fingerprint density at radius 2 is 2.16 bits per heavy atom. The lowest BCUT2D eigenvalue weighted by molar-refractivity contribution is 0.269. The second kappa shape index (κ2) is 7.36. The highest BCUT2D eigenvalue weighted by atomic mass is 79.9. The summed E-state index contributed by atoms with van der Waals surface area (Å²) in [5.74, 6) is 1.66. The third-order valence-corrected chi connectivity index (χ3v) is 3.33. The summed E-state index contributed by atoms with van der Waals surface area (Å²) in [6, 6.07) is 9.82. The molecule has 1 N–H and O–H groups in total. The Labute approximate surface area is 122 Å². The van der Waals surface area contributed by atoms with Crippen molar-refractivity contribution in [3.63, 3.8) is 0 Å². The van der Waals surface area contributed by atoms with Gasteiger partial charge < -0.3 is 14.5 Å². The first kappa shape index (κ1) is 14.2. The number of furan rings is 1. The fraction of sp³-hybridized carbons (Fsp3) is 0.333. The van der Waals surface area contributed by atoms with E-state index in [1.54, 1.807) is 6.26 Å². The largest absolute Gasteiger partial charge is 0.484 e. The van der Waals surface area contributed by atoms with Gasteiger partial charge in [0, 0.05) is 12.1 Å². The molecule has 0 spiro atoms. The van der Waals surface area contributed by atoms with E-state index in [1.807, 2.05) is 30.3 Å². The number of para-hydroxylation sites is 1. The Kier molecular flexibility index (Phi) is 5.48. The van der Waals surface area contributed by atoms with Gasteiger partial charge in [-0.2, -0.15) is 0 Å². The van der Waals surface area contributed by atoms with Crippen LogP contribution in [0.25, 0.3) is 0 Å². The molecule has 0 bridgehead atoms. The molecule has 1 aromatic carbocycles. The van der Waals surface area contributed by atoms with Crippen molar-refractivity contribution in [1.82, 2.24) is 5.32 Å². The number of hydrogen-bond donors (Lipinski definition) is 1. The van der Waals surface area contributed by atoms with Gasteiger partial charge in [0.05, 0.1) is 10.7 Å². The number of halogens is 1. The lowest BCUT2D eigenvalue weighted by Gasteiger charge is -2.05. The highest BCUT2D eigenvalue weighted by Crippen LogP contribution is 2.24. The Balaban J connectivity index is 1.85. The molecule has 19 heavy (non-hydrogen) atoms. The summed E-state index contributed by atoms with van der Waals surface area (Å²) in [5, 5.41) is 3.34. The zero-order chi connectivity index (χ0) is 13.5. The zero-order valence-corrected chi connectivity index (χ0v) is 12.6. The van der Waals surface area contributed by atoms with Crippen LogP contribution < -0.4 is 10.1 Å². The molecule has 0 fully saturated rings. The fourth-order valence-electron chi connectivity index (χ4n) is 1.71. The monoisotopic (exact) mass is 323 g/mol. The number of hydrogen-bond acceptors (Lipinski definition) is 3. The van der Waals surface area contributed by atoms with Crippen LogP contribution in [0.5, 0.6) is 5.75 Å². The van der Waals surface area contributed by atoms with Crippen molar-refractivity contribution < 1.29 is 9.15 Å². The molecule has 0 saturated heterocycles. The van der Waals surface area contributed by atoms with E-state index >= 15 is 0 Å². The molecule has 4 heteroatoms. The molecule has 0 unspecified atom stereocenters. The van der Waals surface area contributed by atoms with Gasteiger partial charge in [0.15, 0.2) is 0 Å². The highest BCUT2D eigenvalue weighted by molar-refractivity contribution is 9.10. The van der Waals surface area contributed by atoms with Crippen molar-refractivity contribution in [3.05, 3.63) is 52.4 Å². The molecular formula is C15H18BrNO2. The number of ether oxygens (including phenoxy) is 1. The maximum Gasteiger partial charge on any atom is 0.146 e. The Morgan fingerprint density at radius 1 is 1.32 bits per heavy atom. The Bertz CT molecular complexity index is 510. The van der Waals surface area contributed by atoms with Gasteiger partial charge >= 0.3 is 0 Å². The van der Waals surface area contributed by atoms with Crippen molar-refractivity contribution in [2.75, 3.05) is 6.54 Å².